The highest BCUT2D eigenvalue weighted by atomic mass is 16.3. The van der Waals surface area contributed by atoms with Crippen LogP contribution in [-0.2, 0) is 4.79 Å². The Hall–Kier alpha value is -0.490. The maximum Gasteiger partial charge on any atom is 0.190 e. The number of ketones is 1. The molecule has 5 heteroatoms. The Kier molecular flexibility index (Phi) is 4.35. The van der Waals surface area contributed by atoms with Crippen molar-refractivity contribution < 1.29 is 25.2 Å². The zero-order valence-electron chi connectivity index (χ0n) is 16.0. The molecule has 0 aliphatic heterocycles. The minimum absolute atomic E-state index is 0.0323. The molecule has 5 nitrogen and oxygen atoms in total. The van der Waals surface area contributed by atoms with E-state index in [1.165, 1.54) is 0 Å². The summed E-state index contributed by atoms with van der Waals surface area (Å²) in [5.41, 5.74) is -2.14. The fraction of sp³-hybridized carbons (Fsp3) is 0.952. The van der Waals surface area contributed by atoms with E-state index in [9.17, 15) is 25.2 Å². The van der Waals surface area contributed by atoms with Crippen LogP contribution in [0.5, 0.6) is 0 Å². The fourth-order valence-electron chi connectivity index (χ4n) is 7.95. The van der Waals surface area contributed by atoms with Crippen molar-refractivity contribution in [2.75, 3.05) is 6.61 Å². The Morgan fingerprint density at radius 2 is 1.81 bits per heavy atom. The van der Waals surface area contributed by atoms with Gasteiger partial charge in [0.1, 0.15) is 12.2 Å². The molecule has 0 amide bonds. The quantitative estimate of drug-likeness (QED) is 0.596. The van der Waals surface area contributed by atoms with Gasteiger partial charge in [0.15, 0.2) is 5.78 Å². The van der Waals surface area contributed by atoms with Gasteiger partial charge in [-0.2, -0.15) is 0 Å². The third kappa shape index (κ3) is 2.27. The molecule has 0 aromatic rings. The van der Waals surface area contributed by atoms with Gasteiger partial charge in [0, 0.05) is 5.41 Å². The molecule has 26 heavy (non-hydrogen) atoms. The molecule has 9 atom stereocenters. The Balaban J connectivity index is 1.69. The van der Waals surface area contributed by atoms with Gasteiger partial charge >= 0.3 is 0 Å². The van der Waals surface area contributed by atoms with Crippen LogP contribution < -0.4 is 0 Å². The number of carbonyl (C=O) groups is 1. The second-order valence-corrected chi connectivity index (χ2v) is 10.2. The lowest BCUT2D eigenvalue weighted by atomic mass is 9.43. The second kappa shape index (κ2) is 6.00. The van der Waals surface area contributed by atoms with Crippen LogP contribution >= 0.6 is 0 Å². The summed E-state index contributed by atoms with van der Waals surface area (Å²) in [5.74, 6) is 0.653. The van der Waals surface area contributed by atoms with E-state index >= 15 is 0 Å². The van der Waals surface area contributed by atoms with Crippen molar-refractivity contribution in [3.05, 3.63) is 0 Å². The summed E-state index contributed by atoms with van der Waals surface area (Å²) in [6.45, 7) is 3.61. The molecule has 0 bridgehead atoms. The molecule has 4 saturated carbocycles. The monoisotopic (exact) mass is 366 g/mol. The van der Waals surface area contributed by atoms with Gasteiger partial charge < -0.3 is 20.4 Å². The first-order valence-electron chi connectivity index (χ1n) is 10.4. The van der Waals surface area contributed by atoms with Crippen molar-refractivity contribution in [1.29, 1.82) is 0 Å². The van der Waals surface area contributed by atoms with E-state index in [0.717, 1.165) is 38.5 Å². The number of hydrogen-bond acceptors (Lipinski definition) is 5. The third-order valence-electron chi connectivity index (χ3n) is 9.33. The second-order valence-electron chi connectivity index (χ2n) is 10.2. The van der Waals surface area contributed by atoms with Crippen LogP contribution in [0.1, 0.15) is 65.2 Å². The van der Waals surface area contributed by atoms with Gasteiger partial charge in [-0.3, -0.25) is 4.79 Å². The first-order chi connectivity index (χ1) is 12.2. The van der Waals surface area contributed by atoms with Crippen LogP contribution in [0.3, 0.4) is 0 Å². The largest absolute Gasteiger partial charge is 0.393 e. The predicted octanol–water partition coefficient (Wildman–Crippen LogP) is 1.65. The van der Waals surface area contributed by atoms with Crippen LogP contribution in [0.25, 0.3) is 0 Å². The van der Waals surface area contributed by atoms with Crippen molar-refractivity contribution in [1.82, 2.24) is 0 Å². The first kappa shape index (κ1) is 18.9. The van der Waals surface area contributed by atoms with Crippen molar-refractivity contribution in [2.24, 2.45) is 34.5 Å². The summed E-state index contributed by atoms with van der Waals surface area (Å²) in [6, 6.07) is 0. The summed E-state index contributed by atoms with van der Waals surface area (Å²) in [6.07, 6.45) is 5.48. The number of rotatable bonds is 2. The van der Waals surface area contributed by atoms with E-state index < -0.39 is 29.5 Å². The average Bonchev–Trinajstić information content (AvgIpc) is 2.86. The molecule has 4 fully saturated rings. The highest BCUT2D eigenvalue weighted by molar-refractivity contribution is 5.89. The van der Waals surface area contributed by atoms with E-state index in [1.807, 2.05) is 6.92 Å². The van der Waals surface area contributed by atoms with Crippen molar-refractivity contribution in [3.8, 4) is 0 Å². The van der Waals surface area contributed by atoms with Crippen molar-refractivity contribution in [3.63, 3.8) is 0 Å². The van der Waals surface area contributed by atoms with Gasteiger partial charge in [-0.15, -0.1) is 0 Å². The smallest absolute Gasteiger partial charge is 0.190 e. The molecular weight excluding hydrogens is 332 g/mol. The van der Waals surface area contributed by atoms with Crippen molar-refractivity contribution in [2.45, 2.75) is 83.0 Å². The topological polar surface area (TPSA) is 98.0 Å². The summed E-state index contributed by atoms with van der Waals surface area (Å²) in [7, 11) is 0. The minimum atomic E-state index is -1.52. The molecular formula is C21H34O5. The van der Waals surface area contributed by atoms with Gasteiger partial charge in [0.2, 0.25) is 0 Å². The zero-order chi connectivity index (χ0) is 18.9. The molecule has 148 valence electrons. The molecule has 4 N–H and O–H groups in total. The lowest BCUT2D eigenvalue weighted by Gasteiger charge is -2.62. The fourth-order valence-corrected chi connectivity index (χ4v) is 7.95. The molecule has 4 rings (SSSR count). The number of aliphatic hydroxyl groups excluding tert-OH is 3. The average molecular weight is 366 g/mol. The number of Topliss-reactive ketones (excluding diaryl/α,β-unsaturated/α-hetero) is 1. The molecule has 0 heterocycles. The van der Waals surface area contributed by atoms with Crippen LogP contribution in [0.2, 0.25) is 0 Å². The lowest BCUT2D eigenvalue weighted by molar-refractivity contribution is -0.202. The molecule has 0 radical (unpaired) electrons. The summed E-state index contributed by atoms with van der Waals surface area (Å²) in [5, 5.41) is 41.9. The maximum absolute atomic E-state index is 12.4. The van der Waals surface area contributed by atoms with Gasteiger partial charge in [-0.1, -0.05) is 13.8 Å². The molecule has 0 spiro atoms. The first-order valence-corrected chi connectivity index (χ1v) is 10.4. The van der Waals surface area contributed by atoms with Crippen LogP contribution in [0.4, 0.5) is 0 Å². The summed E-state index contributed by atoms with van der Waals surface area (Å²) < 4.78 is 0. The van der Waals surface area contributed by atoms with E-state index in [-0.39, 0.29) is 23.4 Å². The van der Waals surface area contributed by atoms with Gasteiger partial charge in [-0.05, 0) is 80.5 Å². The van der Waals surface area contributed by atoms with Crippen LogP contribution in [0.15, 0.2) is 0 Å². The molecule has 7 unspecified atom stereocenters. The van der Waals surface area contributed by atoms with E-state index in [2.05, 4.69) is 6.92 Å². The molecule has 0 aromatic carbocycles. The Labute approximate surface area is 155 Å². The highest BCUT2D eigenvalue weighted by Gasteiger charge is 2.68. The number of hydrogen-bond donors (Lipinski definition) is 4. The minimum Gasteiger partial charge on any atom is -0.393 e. The lowest BCUT2D eigenvalue weighted by Crippen LogP contribution is -2.63. The van der Waals surface area contributed by atoms with Crippen LogP contribution in [-0.4, -0.2) is 50.6 Å². The Morgan fingerprint density at radius 1 is 1.08 bits per heavy atom. The zero-order valence-corrected chi connectivity index (χ0v) is 16.0. The summed E-state index contributed by atoms with van der Waals surface area (Å²) in [4.78, 5) is 12.4. The van der Waals surface area contributed by atoms with E-state index in [4.69, 9.17) is 0 Å². The maximum atomic E-state index is 12.4. The third-order valence-corrected chi connectivity index (χ3v) is 9.33. The van der Waals surface area contributed by atoms with E-state index in [0.29, 0.717) is 24.7 Å². The standard InChI is InChI=1S/C21H34O5/c1-19-7-5-13(23)9-12(19)3-4-14-15-6-8-21(26,17(25)11-22)20(15,2)10-16(24)18(14)19/h12-16,18,22-24,26H,3-11H2,1-2H3/t12?,13-,14?,15?,16?,18?,19?,20?,21+/m1/s1. The molecule has 4 aliphatic carbocycles. The number of fused-ring (bicyclic) bond motifs is 5. The SMILES string of the molecule is CC12CC[C@@H](O)CC1CCC1C2C(O)CC2(C)C1CC[C@]2(O)C(=O)CO. The number of aliphatic hydroxyl groups is 4. The van der Waals surface area contributed by atoms with Gasteiger partial charge in [0.25, 0.3) is 0 Å². The van der Waals surface area contributed by atoms with Gasteiger partial charge in [0.05, 0.1) is 12.2 Å². The Morgan fingerprint density at radius 3 is 2.50 bits per heavy atom. The molecule has 0 saturated heterocycles. The molecule has 4 aliphatic rings. The van der Waals surface area contributed by atoms with Crippen molar-refractivity contribution >= 4 is 5.78 Å². The number of carbonyl (C=O) groups excluding carboxylic acids is 1. The summed E-state index contributed by atoms with van der Waals surface area (Å²) >= 11 is 0. The Bertz CT molecular complexity index is 593. The van der Waals surface area contributed by atoms with Gasteiger partial charge in [-0.25, -0.2) is 0 Å². The molecule has 0 aromatic heterocycles. The van der Waals surface area contributed by atoms with E-state index in [1.54, 1.807) is 0 Å². The predicted molar refractivity (Wildman–Crippen MR) is 96.2 cm³/mol. The van der Waals surface area contributed by atoms with Crippen LogP contribution in [0, 0.1) is 34.5 Å². The highest BCUT2D eigenvalue weighted by Crippen LogP contribution is 2.68. The normalized spacial score (nSPS) is 56.4.